The number of benzene rings is 1. The fourth-order valence-electron chi connectivity index (χ4n) is 2.96. The predicted molar refractivity (Wildman–Crippen MR) is 97.1 cm³/mol. The van der Waals surface area contributed by atoms with Crippen LogP contribution in [0.15, 0.2) is 0 Å². The van der Waals surface area contributed by atoms with Crippen molar-refractivity contribution in [2.75, 3.05) is 0 Å². The molecule has 0 aliphatic rings. The fourth-order valence-corrected chi connectivity index (χ4v) is 2.96. The molecule has 0 amide bonds. The highest BCUT2D eigenvalue weighted by Gasteiger charge is 2.26. The summed E-state index contributed by atoms with van der Waals surface area (Å²) >= 11 is 0. The topological polar surface area (TPSA) is 181 Å². The Morgan fingerprint density at radius 3 is 1.63 bits per heavy atom. The first-order valence-electron chi connectivity index (χ1n) is 7.72. The monoisotopic (exact) mass is 384 g/mol. The van der Waals surface area contributed by atoms with Gasteiger partial charge in [0.2, 0.25) is 11.5 Å². The van der Waals surface area contributed by atoms with Gasteiger partial charge in [0.1, 0.15) is 23.7 Å². The van der Waals surface area contributed by atoms with Crippen LogP contribution in [-0.4, -0.2) is 29.9 Å². The average molecular weight is 384 g/mol. The SMILES string of the molecule is [C-]#[N+]c1nc(C#N)c2c3nc(C#N)nc(C#N)c3c3nc(C#N)nc([N+]#[C-])c3c2n1. The van der Waals surface area contributed by atoms with Crippen molar-refractivity contribution < 1.29 is 0 Å². The summed E-state index contributed by atoms with van der Waals surface area (Å²) in [5.74, 6) is -1.33. The molecule has 3 aromatic heterocycles. The molecule has 12 heteroatoms. The molecule has 0 bridgehead atoms. The smallest absolute Gasteiger partial charge is 0.373 e. The van der Waals surface area contributed by atoms with Gasteiger partial charge in [-0.15, -0.1) is 16.5 Å². The summed E-state index contributed by atoms with van der Waals surface area (Å²) in [6.07, 6.45) is 0. The van der Waals surface area contributed by atoms with E-state index in [1.54, 1.807) is 12.1 Å². The highest BCUT2D eigenvalue weighted by Crippen LogP contribution is 2.39. The number of fused-ring (bicyclic) bond motifs is 6. The van der Waals surface area contributed by atoms with E-state index < -0.39 is 0 Å². The number of hydrogen-bond donors (Lipinski definition) is 0. The van der Waals surface area contributed by atoms with Crippen molar-refractivity contribution in [3.05, 3.63) is 45.9 Å². The molecular formula is C18N12. The molecule has 132 valence electrons. The second-order valence-corrected chi connectivity index (χ2v) is 5.48. The zero-order valence-corrected chi connectivity index (χ0v) is 14.4. The molecule has 4 rings (SSSR count). The quantitative estimate of drug-likeness (QED) is 0.321. The Kier molecular flexibility index (Phi) is 3.76. The average Bonchev–Trinajstić information content (AvgIpc) is 2.81. The zero-order chi connectivity index (χ0) is 21.4. The Bertz CT molecular complexity index is 1470. The molecular weight excluding hydrogens is 384 g/mol. The molecule has 0 aliphatic carbocycles. The van der Waals surface area contributed by atoms with E-state index in [2.05, 4.69) is 39.6 Å². The van der Waals surface area contributed by atoms with Crippen molar-refractivity contribution in [1.82, 2.24) is 29.9 Å². The van der Waals surface area contributed by atoms with Crippen LogP contribution in [0, 0.1) is 58.5 Å². The van der Waals surface area contributed by atoms with Crippen LogP contribution in [-0.2, 0) is 0 Å². The van der Waals surface area contributed by atoms with Gasteiger partial charge in [-0.1, -0.05) is 11.6 Å². The Morgan fingerprint density at radius 2 is 1.10 bits per heavy atom. The van der Waals surface area contributed by atoms with Crippen LogP contribution in [0.1, 0.15) is 23.0 Å². The van der Waals surface area contributed by atoms with E-state index in [9.17, 15) is 21.0 Å². The molecule has 0 radical (unpaired) electrons. The van der Waals surface area contributed by atoms with E-state index in [4.69, 9.17) is 13.1 Å². The van der Waals surface area contributed by atoms with Crippen LogP contribution >= 0.6 is 0 Å². The number of nitrogens with zero attached hydrogens (tertiary/aromatic N) is 12. The van der Waals surface area contributed by atoms with Crippen molar-refractivity contribution in [3.8, 4) is 24.3 Å². The van der Waals surface area contributed by atoms with E-state index in [-0.39, 0.29) is 67.5 Å². The summed E-state index contributed by atoms with van der Waals surface area (Å²) < 4.78 is 0. The van der Waals surface area contributed by atoms with Gasteiger partial charge in [0, 0.05) is 0 Å². The molecule has 12 nitrogen and oxygen atoms in total. The first-order valence-corrected chi connectivity index (χ1v) is 7.72. The standard InChI is InChI=1S/C18N12/c1-23-17-13-15(28-10(6-22)29-17)11-7(3-19)25-9(5-21)27-14(11)12-8(4-20)26-18(24-2)30-16(12)13. The van der Waals surface area contributed by atoms with Gasteiger partial charge in [-0.3, -0.25) is 0 Å². The lowest BCUT2D eigenvalue weighted by Crippen LogP contribution is -2.02. The molecule has 0 unspecified atom stereocenters. The van der Waals surface area contributed by atoms with Crippen molar-refractivity contribution in [2.24, 2.45) is 0 Å². The Hall–Kier alpha value is -5.82. The maximum absolute atomic E-state index is 9.60. The molecule has 0 saturated heterocycles. The van der Waals surface area contributed by atoms with Gasteiger partial charge in [0.25, 0.3) is 5.82 Å². The number of aromatic nitrogens is 6. The van der Waals surface area contributed by atoms with E-state index in [1.807, 2.05) is 12.1 Å². The second-order valence-electron chi connectivity index (χ2n) is 5.48. The van der Waals surface area contributed by atoms with E-state index in [0.717, 1.165) is 0 Å². The van der Waals surface area contributed by atoms with Crippen LogP contribution in [0.4, 0.5) is 11.8 Å². The van der Waals surface area contributed by atoms with E-state index in [0.29, 0.717) is 0 Å². The predicted octanol–water partition coefficient (Wildman–Crippen LogP) is 2.10. The Labute approximate surface area is 166 Å². The first kappa shape index (κ1) is 17.6. The molecule has 0 saturated carbocycles. The molecule has 30 heavy (non-hydrogen) atoms. The summed E-state index contributed by atoms with van der Waals surface area (Å²) in [7, 11) is 0. The Balaban J connectivity index is 2.55. The summed E-state index contributed by atoms with van der Waals surface area (Å²) in [5, 5.41) is 37.7. The van der Waals surface area contributed by atoms with Crippen molar-refractivity contribution >= 4 is 44.5 Å². The molecule has 0 fully saturated rings. The van der Waals surface area contributed by atoms with Gasteiger partial charge >= 0.3 is 11.8 Å². The van der Waals surface area contributed by atoms with Crippen LogP contribution in [0.25, 0.3) is 42.4 Å². The lowest BCUT2D eigenvalue weighted by molar-refractivity contribution is 1.13. The van der Waals surface area contributed by atoms with Gasteiger partial charge in [-0.25, -0.2) is 9.97 Å². The Morgan fingerprint density at radius 1 is 0.567 bits per heavy atom. The molecule has 0 N–H and O–H groups in total. The molecule has 0 atom stereocenters. The van der Waals surface area contributed by atoms with Crippen LogP contribution in [0.3, 0.4) is 0 Å². The zero-order valence-electron chi connectivity index (χ0n) is 14.4. The first-order chi connectivity index (χ1) is 14.6. The molecule has 4 aromatic rings. The van der Waals surface area contributed by atoms with Crippen molar-refractivity contribution in [3.63, 3.8) is 0 Å². The van der Waals surface area contributed by atoms with Crippen LogP contribution in [0.2, 0.25) is 0 Å². The molecule has 3 heterocycles. The summed E-state index contributed by atoms with van der Waals surface area (Å²) in [5.41, 5.74) is -0.594. The third-order valence-electron chi connectivity index (χ3n) is 4.02. The summed E-state index contributed by atoms with van der Waals surface area (Å²) in [6, 6.07) is 7.16. The highest BCUT2D eigenvalue weighted by molar-refractivity contribution is 6.26. The lowest BCUT2D eigenvalue weighted by Gasteiger charge is -2.09. The second kappa shape index (κ2) is 6.41. The van der Waals surface area contributed by atoms with E-state index >= 15 is 0 Å². The largest absolute Gasteiger partial charge is 0.394 e. The van der Waals surface area contributed by atoms with Gasteiger partial charge in [0.15, 0.2) is 11.8 Å². The molecule has 0 spiro atoms. The van der Waals surface area contributed by atoms with Gasteiger partial charge < -0.3 is 9.69 Å². The molecule has 0 aliphatic heterocycles. The maximum atomic E-state index is 9.60. The number of rotatable bonds is 0. The maximum Gasteiger partial charge on any atom is 0.373 e. The third kappa shape index (κ3) is 2.27. The van der Waals surface area contributed by atoms with Gasteiger partial charge in [0.05, 0.1) is 27.2 Å². The van der Waals surface area contributed by atoms with Crippen molar-refractivity contribution in [2.45, 2.75) is 0 Å². The lowest BCUT2D eigenvalue weighted by atomic mass is 10.0. The van der Waals surface area contributed by atoms with Gasteiger partial charge in [-0.05, 0) is 0 Å². The van der Waals surface area contributed by atoms with E-state index in [1.165, 1.54) is 0 Å². The highest BCUT2D eigenvalue weighted by atomic mass is 15.0. The molecule has 1 aromatic carbocycles. The summed E-state index contributed by atoms with van der Waals surface area (Å²) in [4.78, 5) is 30.4. The number of hydrogen-bond acceptors (Lipinski definition) is 10. The normalized spacial score (nSPS) is 9.80. The fraction of sp³-hybridized carbons (Fsp3) is 0. The minimum absolute atomic E-state index is 0.0125. The minimum Gasteiger partial charge on any atom is -0.394 e. The number of nitriles is 4. The third-order valence-corrected chi connectivity index (χ3v) is 4.02. The van der Waals surface area contributed by atoms with Crippen molar-refractivity contribution in [1.29, 1.82) is 21.0 Å². The summed E-state index contributed by atoms with van der Waals surface area (Å²) in [6.45, 7) is 14.7. The van der Waals surface area contributed by atoms with Crippen LogP contribution < -0.4 is 0 Å². The minimum atomic E-state index is -0.366. The van der Waals surface area contributed by atoms with Crippen LogP contribution in [0.5, 0.6) is 0 Å². The van der Waals surface area contributed by atoms with Gasteiger partial charge in [-0.2, -0.15) is 26.0 Å².